The Labute approximate surface area is 96.2 Å². The maximum atomic E-state index is 13.7. The molecule has 5 heteroatoms. The number of aliphatic hydroxyl groups is 1. The average molecular weight is 278 g/mol. The predicted molar refractivity (Wildman–Crippen MR) is 59.3 cm³/mol. The molecule has 84 valence electrons. The van der Waals surface area contributed by atoms with E-state index in [0.717, 1.165) is 0 Å². The summed E-state index contributed by atoms with van der Waals surface area (Å²) in [5.41, 5.74) is 4.03. The zero-order valence-electron chi connectivity index (χ0n) is 8.55. The van der Waals surface area contributed by atoms with Crippen molar-refractivity contribution in [3.63, 3.8) is 0 Å². The summed E-state index contributed by atoms with van der Waals surface area (Å²) < 4.78 is 19.2. The molecule has 1 rings (SSSR count). The number of ether oxygens (including phenoxy) is 1. The van der Waals surface area contributed by atoms with Crippen LogP contribution in [0.25, 0.3) is 0 Å². The summed E-state index contributed by atoms with van der Waals surface area (Å²) in [5.74, 6) is -0.269. The largest absolute Gasteiger partial charge is 0.496 e. The Morgan fingerprint density at radius 3 is 2.67 bits per heavy atom. The van der Waals surface area contributed by atoms with Crippen molar-refractivity contribution in [3.8, 4) is 5.75 Å². The number of nitrogens with two attached hydrogens (primary N) is 1. The number of benzene rings is 1. The van der Waals surface area contributed by atoms with Gasteiger partial charge in [0.25, 0.3) is 0 Å². The fourth-order valence-corrected chi connectivity index (χ4v) is 1.74. The highest BCUT2D eigenvalue weighted by molar-refractivity contribution is 9.10. The van der Waals surface area contributed by atoms with E-state index >= 15 is 0 Å². The molecule has 1 atom stereocenters. The highest BCUT2D eigenvalue weighted by Crippen LogP contribution is 2.34. The van der Waals surface area contributed by atoms with Gasteiger partial charge in [0, 0.05) is 11.0 Å². The summed E-state index contributed by atoms with van der Waals surface area (Å²) >= 11 is 3.14. The van der Waals surface area contributed by atoms with Crippen LogP contribution in [0.3, 0.4) is 0 Å². The van der Waals surface area contributed by atoms with Crippen LogP contribution in [0.4, 0.5) is 4.39 Å². The second-order valence-corrected chi connectivity index (χ2v) is 4.36. The lowest BCUT2D eigenvalue weighted by Gasteiger charge is -2.24. The van der Waals surface area contributed by atoms with Gasteiger partial charge in [-0.15, -0.1) is 0 Å². The first-order chi connectivity index (χ1) is 6.92. The number of rotatable bonds is 3. The molecule has 0 fully saturated rings. The quantitative estimate of drug-likeness (QED) is 0.885. The smallest absolute Gasteiger partial charge is 0.134 e. The molecule has 0 saturated heterocycles. The maximum Gasteiger partial charge on any atom is 0.134 e. The van der Waals surface area contributed by atoms with Crippen molar-refractivity contribution >= 4 is 15.9 Å². The Morgan fingerprint density at radius 2 is 2.20 bits per heavy atom. The van der Waals surface area contributed by atoms with E-state index in [0.29, 0.717) is 4.47 Å². The topological polar surface area (TPSA) is 55.5 Å². The van der Waals surface area contributed by atoms with E-state index in [1.165, 1.54) is 20.1 Å². The molecule has 0 aliphatic heterocycles. The van der Waals surface area contributed by atoms with Crippen molar-refractivity contribution in [2.24, 2.45) is 5.73 Å². The predicted octanol–water partition coefficient (Wildman–Crippen LogP) is 1.76. The van der Waals surface area contributed by atoms with E-state index in [1.54, 1.807) is 6.07 Å². The standard InChI is InChI=1S/C10H13BrFNO2/c1-10(14,5-13)9-7(12)3-6(11)4-8(9)15-2/h3-4,14H,5,13H2,1-2H3. The summed E-state index contributed by atoms with van der Waals surface area (Å²) in [5, 5.41) is 9.92. The molecule has 0 aliphatic rings. The molecule has 0 heterocycles. The third-order valence-electron chi connectivity index (χ3n) is 2.17. The summed E-state index contributed by atoms with van der Waals surface area (Å²) in [6, 6.07) is 2.85. The summed E-state index contributed by atoms with van der Waals surface area (Å²) in [4.78, 5) is 0. The molecule has 0 bridgehead atoms. The third kappa shape index (κ3) is 2.48. The van der Waals surface area contributed by atoms with Crippen molar-refractivity contribution < 1.29 is 14.2 Å². The van der Waals surface area contributed by atoms with Gasteiger partial charge in [0.15, 0.2) is 0 Å². The van der Waals surface area contributed by atoms with Crippen LogP contribution in [0, 0.1) is 5.82 Å². The number of hydrogen-bond acceptors (Lipinski definition) is 3. The zero-order chi connectivity index (χ0) is 11.6. The first-order valence-corrected chi connectivity index (χ1v) is 5.17. The van der Waals surface area contributed by atoms with E-state index in [1.807, 2.05) is 0 Å². The minimum Gasteiger partial charge on any atom is -0.496 e. The second kappa shape index (κ2) is 4.47. The molecule has 1 aromatic carbocycles. The van der Waals surface area contributed by atoms with Crippen LogP contribution in [0.5, 0.6) is 5.75 Å². The zero-order valence-corrected chi connectivity index (χ0v) is 10.1. The Morgan fingerprint density at radius 1 is 1.60 bits per heavy atom. The second-order valence-electron chi connectivity index (χ2n) is 3.44. The van der Waals surface area contributed by atoms with Gasteiger partial charge in [-0.1, -0.05) is 15.9 Å². The number of hydrogen-bond donors (Lipinski definition) is 2. The van der Waals surface area contributed by atoms with Gasteiger partial charge in [-0.25, -0.2) is 4.39 Å². The van der Waals surface area contributed by atoms with Gasteiger partial charge < -0.3 is 15.6 Å². The van der Waals surface area contributed by atoms with Crippen LogP contribution in [-0.4, -0.2) is 18.8 Å². The van der Waals surface area contributed by atoms with Crippen LogP contribution in [0.2, 0.25) is 0 Å². The lowest BCUT2D eigenvalue weighted by Crippen LogP contribution is -2.32. The Balaban J connectivity index is 3.39. The van der Waals surface area contributed by atoms with E-state index in [4.69, 9.17) is 10.5 Å². The Kier molecular flexibility index (Phi) is 3.70. The lowest BCUT2D eigenvalue weighted by molar-refractivity contribution is 0.0600. The highest BCUT2D eigenvalue weighted by atomic mass is 79.9. The van der Waals surface area contributed by atoms with Gasteiger partial charge in [-0.3, -0.25) is 0 Å². The van der Waals surface area contributed by atoms with E-state index in [9.17, 15) is 9.50 Å². The molecular formula is C10H13BrFNO2. The van der Waals surface area contributed by atoms with E-state index < -0.39 is 11.4 Å². The third-order valence-corrected chi connectivity index (χ3v) is 2.63. The van der Waals surface area contributed by atoms with Gasteiger partial charge in [-0.2, -0.15) is 0 Å². The fraction of sp³-hybridized carbons (Fsp3) is 0.400. The van der Waals surface area contributed by atoms with Crippen molar-refractivity contribution in [2.45, 2.75) is 12.5 Å². The molecular weight excluding hydrogens is 265 g/mol. The van der Waals surface area contributed by atoms with Crippen molar-refractivity contribution in [3.05, 3.63) is 28.0 Å². The van der Waals surface area contributed by atoms with Gasteiger partial charge in [0.1, 0.15) is 17.2 Å². The molecule has 0 aromatic heterocycles. The monoisotopic (exact) mass is 277 g/mol. The first kappa shape index (κ1) is 12.4. The van der Waals surface area contributed by atoms with Crippen LogP contribution in [-0.2, 0) is 5.60 Å². The maximum absolute atomic E-state index is 13.7. The Hall–Kier alpha value is -0.650. The van der Waals surface area contributed by atoms with Gasteiger partial charge in [0.05, 0.1) is 12.7 Å². The minimum atomic E-state index is -1.43. The van der Waals surface area contributed by atoms with Crippen LogP contribution in [0.15, 0.2) is 16.6 Å². The summed E-state index contributed by atoms with van der Waals surface area (Å²) in [7, 11) is 1.41. The molecule has 0 spiro atoms. The molecule has 0 amide bonds. The molecule has 3 nitrogen and oxygen atoms in total. The van der Waals surface area contributed by atoms with E-state index in [-0.39, 0.29) is 17.9 Å². The normalized spacial score (nSPS) is 14.8. The molecule has 0 radical (unpaired) electrons. The van der Waals surface area contributed by atoms with Crippen LogP contribution in [0.1, 0.15) is 12.5 Å². The molecule has 1 aromatic rings. The molecule has 0 aliphatic carbocycles. The molecule has 15 heavy (non-hydrogen) atoms. The van der Waals surface area contributed by atoms with Crippen LogP contribution >= 0.6 is 15.9 Å². The number of halogens is 2. The molecule has 0 saturated carbocycles. The Bertz CT molecular complexity index is 369. The SMILES string of the molecule is COc1cc(Br)cc(F)c1C(C)(O)CN. The first-order valence-electron chi connectivity index (χ1n) is 4.38. The van der Waals surface area contributed by atoms with E-state index in [2.05, 4.69) is 15.9 Å². The van der Waals surface area contributed by atoms with Crippen LogP contribution < -0.4 is 10.5 Å². The average Bonchev–Trinajstić information content (AvgIpc) is 2.15. The highest BCUT2D eigenvalue weighted by Gasteiger charge is 2.29. The fourth-order valence-electron chi connectivity index (χ4n) is 1.34. The van der Waals surface area contributed by atoms with Gasteiger partial charge in [0.2, 0.25) is 0 Å². The lowest BCUT2D eigenvalue weighted by atomic mass is 9.94. The molecule has 3 N–H and O–H groups in total. The van der Waals surface area contributed by atoms with Crippen molar-refractivity contribution in [2.75, 3.05) is 13.7 Å². The summed E-state index contributed by atoms with van der Waals surface area (Å²) in [6.07, 6.45) is 0. The molecule has 1 unspecified atom stereocenters. The van der Waals surface area contributed by atoms with Crippen molar-refractivity contribution in [1.82, 2.24) is 0 Å². The minimum absolute atomic E-state index is 0.0794. The summed E-state index contributed by atoms with van der Waals surface area (Å²) in [6.45, 7) is 1.36. The number of methoxy groups -OCH3 is 1. The van der Waals surface area contributed by atoms with Gasteiger partial charge in [-0.05, 0) is 19.1 Å². The van der Waals surface area contributed by atoms with Crippen molar-refractivity contribution in [1.29, 1.82) is 0 Å². The van der Waals surface area contributed by atoms with Gasteiger partial charge >= 0.3 is 0 Å².